The Hall–Kier alpha value is -2.47. The maximum Gasteiger partial charge on any atom is 0.203 e. The molecule has 0 atom stereocenters. The van der Waals surface area contributed by atoms with E-state index in [4.69, 9.17) is 24.7 Å². The van der Waals surface area contributed by atoms with Crippen LogP contribution in [0.3, 0.4) is 0 Å². The van der Waals surface area contributed by atoms with Crippen LogP contribution in [-0.4, -0.2) is 26.3 Å². The Kier molecular flexibility index (Phi) is 4.84. The molecular formula is C15H18N2O4. The van der Waals surface area contributed by atoms with Crippen molar-refractivity contribution in [1.82, 2.24) is 4.98 Å². The summed E-state index contributed by atoms with van der Waals surface area (Å²) < 4.78 is 21.7. The lowest BCUT2D eigenvalue weighted by Crippen LogP contribution is -2.01. The number of nitrogens with two attached hydrogens (primary N) is 1. The van der Waals surface area contributed by atoms with Crippen LogP contribution in [0.1, 0.15) is 5.56 Å². The molecule has 21 heavy (non-hydrogen) atoms. The minimum absolute atomic E-state index is 0.341. The van der Waals surface area contributed by atoms with E-state index in [2.05, 4.69) is 4.98 Å². The predicted molar refractivity (Wildman–Crippen MR) is 78.3 cm³/mol. The minimum atomic E-state index is 0.341. The van der Waals surface area contributed by atoms with Gasteiger partial charge in [0.1, 0.15) is 11.5 Å². The summed E-state index contributed by atoms with van der Waals surface area (Å²) in [4.78, 5) is 4.02. The van der Waals surface area contributed by atoms with Gasteiger partial charge in [0.25, 0.3) is 0 Å². The van der Waals surface area contributed by atoms with Crippen LogP contribution < -0.4 is 24.7 Å². The first-order valence-electron chi connectivity index (χ1n) is 6.34. The van der Waals surface area contributed by atoms with Crippen LogP contribution in [0.5, 0.6) is 28.7 Å². The molecule has 112 valence electrons. The third-order valence-corrected chi connectivity index (χ3v) is 2.94. The highest BCUT2D eigenvalue weighted by molar-refractivity contribution is 5.56. The summed E-state index contributed by atoms with van der Waals surface area (Å²) in [6, 6.07) is 5.20. The molecule has 0 bridgehead atoms. The Labute approximate surface area is 123 Å². The number of ether oxygens (including phenoxy) is 4. The number of benzene rings is 1. The van der Waals surface area contributed by atoms with E-state index in [0.29, 0.717) is 35.3 Å². The van der Waals surface area contributed by atoms with Crippen molar-refractivity contribution < 1.29 is 18.9 Å². The lowest BCUT2D eigenvalue weighted by atomic mass is 10.2. The first-order chi connectivity index (χ1) is 10.2. The van der Waals surface area contributed by atoms with Gasteiger partial charge in [-0.15, -0.1) is 0 Å². The molecule has 1 aromatic carbocycles. The van der Waals surface area contributed by atoms with Gasteiger partial charge in [0.2, 0.25) is 5.75 Å². The van der Waals surface area contributed by atoms with E-state index < -0.39 is 0 Å². The first kappa shape index (κ1) is 14.9. The molecule has 0 saturated carbocycles. The molecule has 0 radical (unpaired) electrons. The molecule has 0 unspecified atom stereocenters. The summed E-state index contributed by atoms with van der Waals surface area (Å²) in [5.74, 6) is 2.76. The smallest absolute Gasteiger partial charge is 0.203 e. The van der Waals surface area contributed by atoms with Crippen molar-refractivity contribution in [3.63, 3.8) is 0 Å². The second-order valence-corrected chi connectivity index (χ2v) is 4.15. The van der Waals surface area contributed by atoms with Gasteiger partial charge < -0.3 is 24.7 Å². The molecule has 0 aliphatic carbocycles. The molecule has 0 amide bonds. The maximum absolute atomic E-state index is 5.85. The second kappa shape index (κ2) is 6.81. The summed E-state index contributed by atoms with van der Waals surface area (Å²) in [7, 11) is 4.66. The van der Waals surface area contributed by atoms with Gasteiger partial charge in [0.15, 0.2) is 11.5 Å². The van der Waals surface area contributed by atoms with Gasteiger partial charge in [0, 0.05) is 36.6 Å². The first-order valence-corrected chi connectivity index (χ1v) is 6.34. The molecule has 2 rings (SSSR count). The Bertz CT molecular complexity index is 591. The van der Waals surface area contributed by atoms with Gasteiger partial charge >= 0.3 is 0 Å². The number of rotatable bonds is 6. The molecule has 0 aliphatic heterocycles. The highest BCUT2D eigenvalue weighted by Gasteiger charge is 2.15. The normalized spacial score (nSPS) is 10.1. The molecule has 1 heterocycles. The van der Waals surface area contributed by atoms with E-state index in [1.807, 2.05) is 0 Å². The third kappa shape index (κ3) is 3.17. The van der Waals surface area contributed by atoms with E-state index >= 15 is 0 Å². The number of pyridine rings is 1. The van der Waals surface area contributed by atoms with Gasteiger partial charge in [-0.05, 0) is 6.07 Å². The standard InChI is InChI=1S/C15H18N2O4/c1-18-13-6-11(7-14(19-2)15(13)20-3)21-12-4-5-17-9-10(12)8-16/h4-7,9H,8,16H2,1-3H3. The van der Waals surface area contributed by atoms with E-state index in [-0.39, 0.29) is 0 Å². The van der Waals surface area contributed by atoms with Gasteiger partial charge in [-0.3, -0.25) is 4.98 Å². The fourth-order valence-electron chi connectivity index (χ4n) is 1.91. The Morgan fingerprint density at radius 1 is 1.00 bits per heavy atom. The van der Waals surface area contributed by atoms with Crippen LogP contribution in [0.15, 0.2) is 30.6 Å². The molecule has 0 aliphatic rings. The monoisotopic (exact) mass is 290 g/mol. The molecule has 2 aromatic rings. The number of hydrogen-bond acceptors (Lipinski definition) is 6. The molecule has 0 saturated heterocycles. The van der Waals surface area contributed by atoms with Crippen molar-refractivity contribution in [2.75, 3.05) is 21.3 Å². The molecule has 2 N–H and O–H groups in total. The van der Waals surface area contributed by atoms with Crippen molar-refractivity contribution >= 4 is 0 Å². The van der Waals surface area contributed by atoms with E-state index in [1.54, 1.807) is 51.9 Å². The molecule has 0 spiro atoms. The molecule has 6 heteroatoms. The van der Waals surface area contributed by atoms with Gasteiger partial charge in [0.05, 0.1) is 21.3 Å². The van der Waals surface area contributed by atoms with E-state index in [9.17, 15) is 0 Å². The topological polar surface area (TPSA) is 75.8 Å². The summed E-state index contributed by atoms with van der Waals surface area (Å²) in [5, 5.41) is 0. The summed E-state index contributed by atoms with van der Waals surface area (Å²) in [6.07, 6.45) is 3.32. The Morgan fingerprint density at radius 3 is 2.19 bits per heavy atom. The summed E-state index contributed by atoms with van der Waals surface area (Å²) in [5.41, 5.74) is 6.48. The van der Waals surface area contributed by atoms with Crippen molar-refractivity contribution in [3.8, 4) is 28.7 Å². The second-order valence-electron chi connectivity index (χ2n) is 4.15. The zero-order valence-electron chi connectivity index (χ0n) is 12.3. The van der Waals surface area contributed by atoms with Crippen molar-refractivity contribution in [1.29, 1.82) is 0 Å². The van der Waals surface area contributed by atoms with Crippen LogP contribution in [0.2, 0.25) is 0 Å². The van der Waals surface area contributed by atoms with Gasteiger partial charge in [-0.2, -0.15) is 0 Å². The highest BCUT2D eigenvalue weighted by atomic mass is 16.5. The van der Waals surface area contributed by atoms with Crippen LogP contribution in [0, 0.1) is 0 Å². The number of aromatic nitrogens is 1. The lowest BCUT2D eigenvalue weighted by Gasteiger charge is -2.15. The fourth-order valence-corrected chi connectivity index (χ4v) is 1.91. The zero-order chi connectivity index (χ0) is 15.2. The largest absolute Gasteiger partial charge is 0.493 e. The number of nitrogens with zero attached hydrogens (tertiary/aromatic N) is 1. The fraction of sp³-hybridized carbons (Fsp3) is 0.267. The third-order valence-electron chi connectivity index (χ3n) is 2.94. The molecule has 1 aromatic heterocycles. The maximum atomic E-state index is 5.85. The van der Waals surface area contributed by atoms with Crippen molar-refractivity contribution in [2.45, 2.75) is 6.54 Å². The molecule has 0 fully saturated rings. The van der Waals surface area contributed by atoms with Gasteiger partial charge in [-0.1, -0.05) is 0 Å². The Balaban J connectivity index is 2.40. The lowest BCUT2D eigenvalue weighted by molar-refractivity contribution is 0.321. The van der Waals surface area contributed by atoms with E-state index in [1.165, 1.54) is 0 Å². The predicted octanol–water partition coefficient (Wildman–Crippen LogP) is 2.36. The van der Waals surface area contributed by atoms with Crippen LogP contribution >= 0.6 is 0 Å². The minimum Gasteiger partial charge on any atom is -0.493 e. The molecular weight excluding hydrogens is 272 g/mol. The van der Waals surface area contributed by atoms with Crippen molar-refractivity contribution in [3.05, 3.63) is 36.2 Å². The zero-order valence-corrected chi connectivity index (χ0v) is 12.3. The summed E-state index contributed by atoms with van der Waals surface area (Å²) >= 11 is 0. The quantitative estimate of drug-likeness (QED) is 0.880. The highest BCUT2D eigenvalue weighted by Crippen LogP contribution is 2.42. The summed E-state index contributed by atoms with van der Waals surface area (Å²) in [6.45, 7) is 0.341. The van der Waals surface area contributed by atoms with E-state index in [0.717, 1.165) is 5.56 Å². The molecule has 6 nitrogen and oxygen atoms in total. The van der Waals surface area contributed by atoms with Crippen LogP contribution in [-0.2, 0) is 6.54 Å². The SMILES string of the molecule is COc1cc(Oc2ccncc2CN)cc(OC)c1OC. The average Bonchev–Trinajstić information content (AvgIpc) is 2.54. The number of hydrogen-bond donors (Lipinski definition) is 1. The number of methoxy groups -OCH3 is 3. The Morgan fingerprint density at radius 2 is 1.67 bits per heavy atom. The average molecular weight is 290 g/mol. The van der Waals surface area contributed by atoms with Crippen LogP contribution in [0.25, 0.3) is 0 Å². The van der Waals surface area contributed by atoms with Gasteiger partial charge in [-0.25, -0.2) is 0 Å². The van der Waals surface area contributed by atoms with Crippen molar-refractivity contribution in [2.24, 2.45) is 5.73 Å². The van der Waals surface area contributed by atoms with Crippen LogP contribution in [0.4, 0.5) is 0 Å².